The van der Waals surface area contributed by atoms with Crippen molar-refractivity contribution in [2.75, 3.05) is 9.80 Å². The first-order chi connectivity index (χ1) is 17.1. The predicted octanol–water partition coefficient (Wildman–Crippen LogP) is 9.55. The topological polar surface area (TPSA) is 6.48 Å². The summed E-state index contributed by atoms with van der Waals surface area (Å²) >= 11 is 0. The Hall–Kier alpha value is -4.30. The molecule has 2 heteroatoms. The molecule has 35 heavy (non-hydrogen) atoms. The molecule has 0 N–H and O–H groups in total. The van der Waals surface area contributed by atoms with Crippen molar-refractivity contribution in [3.63, 3.8) is 0 Å². The molecule has 0 aliphatic heterocycles. The lowest BCUT2D eigenvalue weighted by Gasteiger charge is -2.30. The van der Waals surface area contributed by atoms with E-state index in [4.69, 9.17) is 0 Å². The summed E-state index contributed by atoms with van der Waals surface area (Å²) in [4.78, 5) is 4.67. The van der Waals surface area contributed by atoms with Gasteiger partial charge in [0.25, 0.3) is 0 Å². The molecule has 0 fully saturated rings. The quantitative estimate of drug-likeness (QED) is 0.252. The van der Waals surface area contributed by atoms with E-state index in [1.54, 1.807) is 0 Å². The Morgan fingerprint density at radius 2 is 0.686 bits per heavy atom. The number of nitrogens with zero attached hydrogens (tertiary/aromatic N) is 2. The van der Waals surface area contributed by atoms with E-state index in [2.05, 4.69) is 158 Å². The first-order valence-corrected chi connectivity index (χ1v) is 12.0. The van der Waals surface area contributed by atoms with E-state index < -0.39 is 0 Å². The van der Waals surface area contributed by atoms with E-state index in [0.717, 1.165) is 34.1 Å². The van der Waals surface area contributed by atoms with Gasteiger partial charge in [-0.1, -0.05) is 60.7 Å². The summed E-state index contributed by atoms with van der Waals surface area (Å²) < 4.78 is 0. The molecule has 0 atom stereocenters. The molecule has 0 unspecified atom stereocenters. The SMILES string of the molecule is Cc1cccc(N(c2ccccc2)c2cc(C)cc(N(c3ccccc3)c3cccc(C)c3)c2)c1. The second-order valence-corrected chi connectivity index (χ2v) is 9.05. The Kier molecular flexibility index (Phi) is 6.36. The third-order valence-corrected chi connectivity index (χ3v) is 6.11. The van der Waals surface area contributed by atoms with Crippen molar-refractivity contribution in [3.8, 4) is 0 Å². The van der Waals surface area contributed by atoms with Crippen LogP contribution in [0.5, 0.6) is 0 Å². The monoisotopic (exact) mass is 454 g/mol. The highest BCUT2D eigenvalue weighted by molar-refractivity contribution is 5.83. The largest absolute Gasteiger partial charge is 0.310 e. The van der Waals surface area contributed by atoms with E-state index in [1.165, 1.54) is 16.7 Å². The molecule has 0 aromatic heterocycles. The molecule has 5 aromatic carbocycles. The molecule has 0 aliphatic rings. The lowest BCUT2D eigenvalue weighted by Crippen LogP contribution is -2.13. The van der Waals surface area contributed by atoms with Gasteiger partial charge < -0.3 is 9.80 Å². The molecular weight excluding hydrogens is 424 g/mol. The van der Waals surface area contributed by atoms with Crippen LogP contribution in [0.15, 0.2) is 127 Å². The minimum absolute atomic E-state index is 1.13. The minimum atomic E-state index is 1.13. The number of aryl methyl sites for hydroxylation is 3. The van der Waals surface area contributed by atoms with Crippen molar-refractivity contribution < 1.29 is 0 Å². The Balaban J connectivity index is 1.71. The van der Waals surface area contributed by atoms with Gasteiger partial charge in [0.15, 0.2) is 0 Å². The summed E-state index contributed by atoms with van der Waals surface area (Å²) in [6, 6.07) is 45.4. The van der Waals surface area contributed by atoms with Crippen LogP contribution in [0, 0.1) is 20.8 Å². The Morgan fingerprint density at radius 3 is 1.09 bits per heavy atom. The van der Waals surface area contributed by atoms with Crippen molar-refractivity contribution in [2.45, 2.75) is 20.8 Å². The fourth-order valence-corrected chi connectivity index (χ4v) is 4.58. The van der Waals surface area contributed by atoms with Crippen molar-refractivity contribution in [2.24, 2.45) is 0 Å². The molecule has 0 amide bonds. The maximum Gasteiger partial charge on any atom is 0.0485 e. The highest BCUT2D eigenvalue weighted by atomic mass is 15.2. The summed E-state index contributed by atoms with van der Waals surface area (Å²) in [5, 5.41) is 0. The van der Waals surface area contributed by atoms with Crippen molar-refractivity contribution in [3.05, 3.63) is 144 Å². The van der Waals surface area contributed by atoms with Crippen molar-refractivity contribution in [1.82, 2.24) is 0 Å². The van der Waals surface area contributed by atoms with E-state index in [9.17, 15) is 0 Å². The number of hydrogen-bond acceptors (Lipinski definition) is 2. The Labute approximate surface area is 208 Å². The second kappa shape index (κ2) is 9.90. The van der Waals surface area contributed by atoms with Crippen LogP contribution in [-0.4, -0.2) is 0 Å². The summed E-state index contributed by atoms with van der Waals surface area (Å²) in [6.45, 7) is 6.46. The van der Waals surface area contributed by atoms with Gasteiger partial charge in [-0.3, -0.25) is 0 Å². The zero-order valence-corrected chi connectivity index (χ0v) is 20.5. The molecule has 0 bridgehead atoms. The molecule has 0 saturated heterocycles. The van der Waals surface area contributed by atoms with Gasteiger partial charge in [-0.2, -0.15) is 0 Å². The smallest absolute Gasteiger partial charge is 0.0485 e. The molecule has 5 rings (SSSR count). The van der Waals surface area contributed by atoms with Gasteiger partial charge in [-0.15, -0.1) is 0 Å². The van der Waals surface area contributed by atoms with E-state index in [1.807, 2.05) is 0 Å². The molecule has 0 spiro atoms. The van der Waals surface area contributed by atoms with Crippen LogP contribution in [0.2, 0.25) is 0 Å². The van der Waals surface area contributed by atoms with Crippen LogP contribution < -0.4 is 9.80 Å². The van der Waals surface area contributed by atoms with Crippen molar-refractivity contribution >= 4 is 34.1 Å². The average Bonchev–Trinajstić information content (AvgIpc) is 2.86. The summed E-state index contributed by atoms with van der Waals surface area (Å²) in [7, 11) is 0. The molecule has 2 nitrogen and oxygen atoms in total. The Bertz CT molecular complexity index is 1320. The highest BCUT2D eigenvalue weighted by Crippen LogP contribution is 2.41. The lowest BCUT2D eigenvalue weighted by atomic mass is 10.1. The maximum absolute atomic E-state index is 2.34. The fraction of sp³-hybridized carbons (Fsp3) is 0.0909. The zero-order chi connectivity index (χ0) is 24.2. The van der Waals surface area contributed by atoms with Crippen molar-refractivity contribution in [1.29, 1.82) is 0 Å². The van der Waals surface area contributed by atoms with Crippen LogP contribution in [0.1, 0.15) is 16.7 Å². The number of rotatable bonds is 6. The standard InChI is InChI=1S/C33H30N2/c1-25-12-10-18-30(20-25)34(28-14-6-4-7-15-28)32-22-27(3)23-33(24-32)35(29-16-8-5-9-17-29)31-19-11-13-26(2)21-31/h4-24H,1-3H3. The third-order valence-electron chi connectivity index (χ3n) is 6.11. The van der Waals surface area contributed by atoms with Gasteiger partial charge in [-0.05, 0) is 104 Å². The molecule has 0 aliphatic carbocycles. The lowest BCUT2D eigenvalue weighted by molar-refractivity contribution is 1.23. The molecule has 172 valence electrons. The van der Waals surface area contributed by atoms with E-state index in [0.29, 0.717) is 0 Å². The van der Waals surface area contributed by atoms with Gasteiger partial charge >= 0.3 is 0 Å². The molecule has 0 radical (unpaired) electrons. The van der Waals surface area contributed by atoms with Gasteiger partial charge in [0.05, 0.1) is 0 Å². The number of benzene rings is 5. The number of hydrogen-bond donors (Lipinski definition) is 0. The normalized spacial score (nSPS) is 10.7. The highest BCUT2D eigenvalue weighted by Gasteiger charge is 2.18. The van der Waals surface area contributed by atoms with Gasteiger partial charge in [0.1, 0.15) is 0 Å². The maximum atomic E-state index is 2.34. The van der Waals surface area contributed by atoms with Crippen LogP contribution in [0.4, 0.5) is 34.1 Å². The first kappa shape index (κ1) is 22.5. The number of para-hydroxylation sites is 2. The van der Waals surface area contributed by atoms with Crippen LogP contribution in [0.3, 0.4) is 0 Å². The summed E-state index contributed by atoms with van der Waals surface area (Å²) in [5.74, 6) is 0. The molecule has 5 aromatic rings. The third kappa shape index (κ3) is 4.97. The first-order valence-electron chi connectivity index (χ1n) is 12.0. The second-order valence-electron chi connectivity index (χ2n) is 9.05. The minimum Gasteiger partial charge on any atom is -0.310 e. The summed E-state index contributed by atoms with van der Waals surface area (Å²) in [6.07, 6.45) is 0. The summed E-state index contributed by atoms with van der Waals surface area (Å²) in [5.41, 5.74) is 10.5. The fourth-order valence-electron chi connectivity index (χ4n) is 4.58. The Morgan fingerprint density at radius 1 is 0.314 bits per heavy atom. The van der Waals surface area contributed by atoms with E-state index in [-0.39, 0.29) is 0 Å². The zero-order valence-electron chi connectivity index (χ0n) is 20.5. The van der Waals surface area contributed by atoms with Gasteiger partial charge in [0.2, 0.25) is 0 Å². The van der Waals surface area contributed by atoms with Gasteiger partial charge in [0, 0.05) is 34.1 Å². The van der Waals surface area contributed by atoms with Crippen LogP contribution in [0.25, 0.3) is 0 Å². The van der Waals surface area contributed by atoms with Crippen LogP contribution >= 0.6 is 0 Å². The van der Waals surface area contributed by atoms with Gasteiger partial charge in [-0.25, -0.2) is 0 Å². The molecule has 0 heterocycles. The number of anilines is 6. The average molecular weight is 455 g/mol. The molecular formula is C33H30N2. The van der Waals surface area contributed by atoms with E-state index >= 15 is 0 Å². The predicted molar refractivity (Wildman–Crippen MR) is 150 cm³/mol. The van der Waals surface area contributed by atoms with Crippen LogP contribution in [-0.2, 0) is 0 Å². The molecule has 0 saturated carbocycles.